The van der Waals surface area contributed by atoms with Crippen LogP contribution in [0.3, 0.4) is 0 Å². The van der Waals surface area contributed by atoms with Gasteiger partial charge in [-0.15, -0.1) is 0 Å². The third-order valence-electron chi connectivity index (χ3n) is 5.68. The molecule has 0 aromatic heterocycles. The van der Waals surface area contributed by atoms with Crippen molar-refractivity contribution >= 4 is 23.5 Å². The Bertz CT molecular complexity index is 958. The fourth-order valence-corrected chi connectivity index (χ4v) is 4.07. The van der Waals surface area contributed by atoms with Crippen LogP contribution in [0.2, 0.25) is 5.02 Å². The number of carboxylic acid groups (broad SMARTS) is 2. The molecule has 7 nitrogen and oxygen atoms in total. The zero-order chi connectivity index (χ0) is 24.4. The Labute approximate surface area is 199 Å². The smallest absolute Gasteiger partial charge is 0.328 e. The number of halogens is 1. The van der Waals surface area contributed by atoms with Crippen molar-refractivity contribution in [3.05, 3.63) is 70.3 Å². The molecule has 0 aliphatic carbocycles. The number of carboxylic acids is 2. The van der Waals surface area contributed by atoms with E-state index in [1.165, 1.54) is 36.2 Å². The average Bonchev–Trinajstić information content (AvgIpc) is 2.80. The van der Waals surface area contributed by atoms with Crippen molar-refractivity contribution in [1.82, 2.24) is 0 Å². The monoisotopic (exact) mass is 475 g/mol. The highest BCUT2D eigenvalue weighted by atomic mass is 35.5. The molecular formula is C25H30ClNO6. The van der Waals surface area contributed by atoms with Gasteiger partial charge in [0.05, 0.1) is 33.3 Å². The number of rotatable bonds is 8. The van der Waals surface area contributed by atoms with E-state index in [4.69, 9.17) is 26.2 Å². The minimum Gasteiger partial charge on any atom is -0.545 e. The second kappa shape index (κ2) is 12.9. The van der Waals surface area contributed by atoms with Crippen LogP contribution in [0, 0.1) is 0 Å². The van der Waals surface area contributed by atoms with Crippen molar-refractivity contribution in [3.8, 4) is 11.5 Å². The Hall–Kier alpha value is -3.03. The Balaban J connectivity index is 0.000000414. The van der Waals surface area contributed by atoms with Gasteiger partial charge in [-0.3, -0.25) is 0 Å². The van der Waals surface area contributed by atoms with Gasteiger partial charge in [0.15, 0.2) is 11.5 Å². The number of carbonyl (C=O) groups is 2. The van der Waals surface area contributed by atoms with Crippen LogP contribution in [0.1, 0.15) is 36.1 Å². The van der Waals surface area contributed by atoms with Crippen molar-refractivity contribution in [1.29, 1.82) is 0 Å². The van der Waals surface area contributed by atoms with Gasteiger partial charge < -0.3 is 29.4 Å². The first-order chi connectivity index (χ1) is 15.7. The molecule has 0 fully saturated rings. The van der Waals surface area contributed by atoms with Gasteiger partial charge in [-0.25, -0.2) is 4.79 Å². The summed E-state index contributed by atoms with van der Waals surface area (Å²) in [6, 6.07) is 13.0. The van der Waals surface area contributed by atoms with Gasteiger partial charge >= 0.3 is 5.97 Å². The van der Waals surface area contributed by atoms with Gasteiger partial charge in [0.2, 0.25) is 0 Å². The SMILES string of the molecule is COc1cc2c(cc1OC)C(C)[NH+](CCCc1ccc(Cl)cc1)CC2.O=C([O-])/C=C/C(=O)O. The van der Waals surface area contributed by atoms with Gasteiger partial charge in [0, 0.05) is 29.5 Å². The molecule has 2 aromatic rings. The van der Waals surface area contributed by atoms with Gasteiger partial charge in [0.25, 0.3) is 0 Å². The molecule has 0 spiro atoms. The number of aryl methyl sites for hydroxylation is 1. The second-order valence-corrected chi connectivity index (χ2v) is 8.19. The number of hydrogen-bond donors (Lipinski definition) is 2. The van der Waals surface area contributed by atoms with Crippen molar-refractivity contribution in [2.45, 2.75) is 32.2 Å². The summed E-state index contributed by atoms with van der Waals surface area (Å²) in [4.78, 5) is 20.6. The maximum Gasteiger partial charge on any atom is 0.328 e. The van der Waals surface area contributed by atoms with E-state index in [0.29, 0.717) is 18.2 Å². The van der Waals surface area contributed by atoms with E-state index in [0.717, 1.165) is 29.4 Å². The number of nitrogens with one attached hydrogen (secondary N) is 1. The number of ether oxygens (including phenoxy) is 2. The van der Waals surface area contributed by atoms with Crippen LogP contribution in [-0.4, -0.2) is 44.4 Å². The summed E-state index contributed by atoms with van der Waals surface area (Å²) in [6.07, 6.45) is 4.32. The average molecular weight is 476 g/mol. The summed E-state index contributed by atoms with van der Waals surface area (Å²) >= 11 is 5.96. The van der Waals surface area contributed by atoms with Gasteiger partial charge in [-0.05, 0) is 54.8 Å². The quantitative estimate of drug-likeness (QED) is 0.565. The third-order valence-corrected chi connectivity index (χ3v) is 5.93. The lowest BCUT2D eigenvalue weighted by Crippen LogP contribution is -3.13. The first-order valence-corrected chi connectivity index (χ1v) is 11.1. The van der Waals surface area contributed by atoms with E-state index in [-0.39, 0.29) is 0 Å². The molecule has 1 aliphatic heterocycles. The van der Waals surface area contributed by atoms with Crippen molar-refractivity contribution in [3.63, 3.8) is 0 Å². The van der Waals surface area contributed by atoms with Crippen molar-refractivity contribution in [2.75, 3.05) is 27.3 Å². The number of fused-ring (bicyclic) bond motifs is 1. The van der Waals surface area contributed by atoms with E-state index in [1.807, 2.05) is 12.1 Å². The fraction of sp³-hybridized carbons (Fsp3) is 0.360. The molecule has 2 unspecified atom stereocenters. The second-order valence-electron chi connectivity index (χ2n) is 7.76. The lowest BCUT2D eigenvalue weighted by atomic mass is 9.92. The lowest BCUT2D eigenvalue weighted by molar-refractivity contribution is -0.932. The summed E-state index contributed by atoms with van der Waals surface area (Å²) in [5.41, 5.74) is 4.15. The number of quaternary nitrogens is 1. The molecule has 2 N–H and O–H groups in total. The van der Waals surface area contributed by atoms with Crippen LogP contribution in [0.5, 0.6) is 11.5 Å². The molecule has 0 saturated heterocycles. The zero-order valence-electron chi connectivity index (χ0n) is 19.1. The molecule has 0 amide bonds. The number of benzene rings is 2. The van der Waals surface area contributed by atoms with Crippen LogP contribution >= 0.6 is 11.6 Å². The summed E-state index contributed by atoms with van der Waals surface area (Å²) in [5.74, 6) is -1.14. The molecule has 1 aliphatic rings. The predicted octanol–water partition coefficient (Wildman–Crippen LogP) is 1.87. The molecule has 1 heterocycles. The number of aliphatic carboxylic acids is 2. The van der Waals surface area contributed by atoms with Crippen LogP contribution in [-0.2, 0) is 22.4 Å². The highest BCUT2D eigenvalue weighted by Crippen LogP contribution is 2.33. The Morgan fingerprint density at radius 3 is 2.33 bits per heavy atom. The number of carbonyl (C=O) groups excluding carboxylic acids is 1. The summed E-state index contributed by atoms with van der Waals surface area (Å²) < 4.78 is 10.9. The number of methoxy groups -OCH3 is 2. The van der Waals surface area contributed by atoms with Crippen molar-refractivity contribution < 1.29 is 34.2 Å². The summed E-state index contributed by atoms with van der Waals surface area (Å²) in [5, 5.41) is 18.0. The Morgan fingerprint density at radius 1 is 1.15 bits per heavy atom. The van der Waals surface area contributed by atoms with Crippen molar-refractivity contribution in [2.24, 2.45) is 0 Å². The van der Waals surface area contributed by atoms with Gasteiger partial charge in [-0.1, -0.05) is 23.7 Å². The first-order valence-electron chi connectivity index (χ1n) is 10.7. The molecule has 8 heteroatoms. The molecule has 2 aromatic carbocycles. The van der Waals surface area contributed by atoms with E-state index < -0.39 is 11.9 Å². The lowest BCUT2D eigenvalue weighted by Gasteiger charge is -2.33. The topological polar surface area (TPSA) is 100 Å². The minimum absolute atomic E-state index is 0.447. The Kier molecular flexibility index (Phi) is 10.2. The molecule has 0 radical (unpaired) electrons. The summed E-state index contributed by atoms with van der Waals surface area (Å²) in [7, 11) is 3.40. The molecule has 0 bridgehead atoms. The van der Waals surface area contributed by atoms with E-state index in [2.05, 4.69) is 31.2 Å². The van der Waals surface area contributed by atoms with Crippen LogP contribution in [0.15, 0.2) is 48.6 Å². The molecule has 2 atom stereocenters. The van der Waals surface area contributed by atoms with Gasteiger partial charge in [0.1, 0.15) is 6.04 Å². The summed E-state index contributed by atoms with van der Waals surface area (Å²) in [6.45, 7) is 4.67. The molecular weight excluding hydrogens is 446 g/mol. The Morgan fingerprint density at radius 2 is 1.79 bits per heavy atom. The van der Waals surface area contributed by atoms with Crippen LogP contribution in [0.25, 0.3) is 0 Å². The van der Waals surface area contributed by atoms with Crippen LogP contribution in [0.4, 0.5) is 0 Å². The minimum atomic E-state index is -1.51. The van der Waals surface area contributed by atoms with E-state index in [9.17, 15) is 14.7 Å². The highest BCUT2D eigenvalue weighted by molar-refractivity contribution is 6.30. The molecule has 3 rings (SSSR count). The van der Waals surface area contributed by atoms with Gasteiger partial charge in [-0.2, -0.15) is 0 Å². The largest absolute Gasteiger partial charge is 0.545 e. The van der Waals surface area contributed by atoms with E-state index >= 15 is 0 Å². The molecule has 33 heavy (non-hydrogen) atoms. The predicted molar refractivity (Wildman–Crippen MR) is 124 cm³/mol. The maximum atomic E-state index is 9.53. The molecule has 178 valence electrons. The number of hydrogen-bond acceptors (Lipinski definition) is 5. The molecule has 0 saturated carbocycles. The normalized spacial score (nSPS) is 17.0. The van der Waals surface area contributed by atoms with E-state index in [1.54, 1.807) is 19.1 Å². The van der Waals surface area contributed by atoms with Crippen LogP contribution < -0.4 is 19.5 Å². The first kappa shape index (κ1) is 26.2. The zero-order valence-corrected chi connectivity index (χ0v) is 19.9. The standard InChI is InChI=1S/C21H26ClNO2.C4H4O4/c1-15-19-14-21(25-3)20(24-2)13-17(19)10-12-23(15)11-4-5-16-6-8-18(22)9-7-16;5-3(6)1-2-4(7)8/h6-9,13-15H,4-5,10-12H2,1-3H3;1-2H,(H,5,6)(H,7,8)/b;2-1+. The third kappa shape index (κ3) is 8.11. The fourth-order valence-electron chi connectivity index (χ4n) is 3.94. The maximum absolute atomic E-state index is 9.53. The highest BCUT2D eigenvalue weighted by Gasteiger charge is 2.28.